The van der Waals surface area contributed by atoms with Crippen molar-refractivity contribution in [1.82, 2.24) is 10.3 Å². The first-order valence-corrected chi connectivity index (χ1v) is 5.03. The molecule has 1 N–H and O–H groups in total. The molecule has 72 valence electrons. The topological polar surface area (TPSA) is 24.9 Å². The van der Waals surface area contributed by atoms with Crippen molar-refractivity contribution >= 4 is 0 Å². The fourth-order valence-electron chi connectivity index (χ4n) is 1.31. The summed E-state index contributed by atoms with van der Waals surface area (Å²) in [5.74, 6) is 0. The van der Waals surface area contributed by atoms with Crippen molar-refractivity contribution in [2.45, 2.75) is 26.2 Å². The van der Waals surface area contributed by atoms with Crippen LogP contribution in [0.2, 0.25) is 0 Å². The molecule has 0 atom stereocenters. The zero-order valence-corrected chi connectivity index (χ0v) is 8.29. The zero-order valence-electron chi connectivity index (χ0n) is 8.29. The van der Waals surface area contributed by atoms with Crippen molar-refractivity contribution in [3.63, 3.8) is 0 Å². The van der Waals surface area contributed by atoms with Gasteiger partial charge in [0.05, 0.1) is 0 Å². The van der Waals surface area contributed by atoms with Crippen LogP contribution >= 0.6 is 0 Å². The third kappa shape index (κ3) is 4.63. The van der Waals surface area contributed by atoms with Gasteiger partial charge in [0.2, 0.25) is 0 Å². The highest BCUT2D eigenvalue weighted by Gasteiger charge is 1.91. The van der Waals surface area contributed by atoms with Crippen LogP contribution in [0.1, 0.15) is 25.3 Å². The zero-order chi connectivity index (χ0) is 9.36. The van der Waals surface area contributed by atoms with E-state index in [1.165, 1.54) is 24.8 Å². The summed E-state index contributed by atoms with van der Waals surface area (Å²) in [7, 11) is 0. The van der Waals surface area contributed by atoms with E-state index >= 15 is 0 Å². The van der Waals surface area contributed by atoms with Crippen molar-refractivity contribution in [3.8, 4) is 0 Å². The lowest BCUT2D eigenvalue weighted by Crippen LogP contribution is -2.13. The van der Waals surface area contributed by atoms with Crippen LogP contribution in [0.5, 0.6) is 0 Å². The largest absolute Gasteiger partial charge is 0.317 e. The summed E-state index contributed by atoms with van der Waals surface area (Å²) in [4.78, 5) is 3.99. The lowest BCUT2D eigenvalue weighted by Gasteiger charge is -2.01. The molecule has 0 saturated heterocycles. The quantitative estimate of drug-likeness (QED) is 0.674. The predicted octanol–water partition coefficient (Wildman–Crippen LogP) is 2.01. The maximum Gasteiger partial charge on any atom is 0.0270 e. The number of hydrogen-bond acceptors (Lipinski definition) is 2. The van der Waals surface area contributed by atoms with E-state index in [2.05, 4.69) is 29.4 Å². The van der Waals surface area contributed by atoms with E-state index in [0.717, 1.165) is 13.1 Å². The van der Waals surface area contributed by atoms with Crippen LogP contribution in [0.4, 0.5) is 0 Å². The molecule has 0 bridgehead atoms. The summed E-state index contributed by atoms with van der Waals surface area (Å²) < 4.78 is 0. The second kappa shape index (κ2) is 6.61. The Morgan fingerprint density at radius 3 is 2.69 bits per heavy atom. The molecular weight excluding hydrogens is 160 g/mol. The molecule has 1 rings (SSSR count). The molecule has 0 aromatic carbocycles. The number of pyridine rings is 1. The Labute approximate surface area is 80.4 Å². The Hall–Kier alpha value is -0.890. The van der Waals surface area contributed by atoms with Crippen LogP contribution in [0.3, 0.4) is 0 Å². The number of rotatable bonds is 6. The van der Waals surface area contributed by atoms with Crippen molar-refractivity contribution in [2.75, 3.05) is 13.1 Å². The number of unbranched alkanes of at least 4 members (excludes halogenated alkanes) is 1. The van der Waals surface area contributed by atoms with Gasteiger partial charge in [0.1, 0.15) is 0 Å². The third-order valence-electron chi connectivity index (χ3n) is 2.07. The van der Waals surface area contributed by atoms with Gasteiger partial charge in [-0.05, 0) is 50.0 Å². The standard InChI is InChI=1S/C11H18N2/c1-2-12-8-4-3-5-11-6-9-13-10-7-11/h6-7,9-10,12H,2-5,8H2,1H3. The molecule has 0 saturated carbocycles. The lowest BCUT2D eigenvalue weighted by atomic mass is 10.1. The Bertz CT molecular complexity index is 209. The van der Waals surface area contributed by atoms with Crippen molar-refractivity contribution in [1.29, 1.82) is 0 Å². The second-order valence-electron chi connectivity index (χ2n) is 3.17. The van der Waals surface area contributed by atoms with E-state index < -0.39 is 0 Å². The van der Waals surface area contributed by atoms with Gasteiger partial charge in [-0.2, -0.15) is 0 Å². The highest BCUT2D eigenvalue weighted by Crippen LogP contribution is 2.02. The van der Waals surface area contributed by atoms with Crippen LogP contribution in [0.25, 0.3) is 0 Å². The summed E-state index contributed by atoms with van der Waals surface area (Å²) in [5.41, 5.74) is 1.39. The summed E-state index contributed by atoms with van der Waals surface area (Å²) in [6, 6.07) is 4.18. The molecule has 13 heavy (non-hydrogen) atoms. The monoisotopic (exact) mass is 178 g/mol. The van der Waals surface area contributed by atoms with Crippen molar-refractivity contribution < 1.29 is 0 Å². The van der Waals surface area contributed by atoms with Crippen LogP contribution in [-0.2, 0) is 6.42 Å². The lowest BCUT2D eigenvalue weighted by molar-refractivity contribution is 0.640. The van der Waals surface area contributed by atoms with Gasteiger partial charge in [-0.15, -0.1) is 0 Å². The van der Waals surface area contributed by atoms with E-state index in [4.69, 9.17) is 0 Å². The third-order valence-corrected chi connectivity index (χ3v) is 2.07. The normalized spacial score (nSPS) is 10.2. The minimum Gasteiger partial charge on any atom is -0.317 e. The van der Waals surface area contributed by atoms with E-state index in [0.29, 0.717) is 0 Å². The first kappa shape index (κ1) is 10.2. The smallest absolute Gasteiger partial charge is 0.0270 e. The van der Waals surface area contributed by atoms with Gasteiger partial charge in [-0.25, -0.2) is 0 Å². The summed E-state index contributed by atoms with van der Waals surface area (Å²) in [5, 5.41) is 3.32. The summed E-state index contributed by atoms with van der Waals surface area (Å²) in [6.07, 6.45) is 7.42. The second-order valence-corrected chi connectivity index (χ2v) is 3.17. The molecule has 1 aromatic rings. The number of aromatic nitrogens is 1. The summed E-state index contributed by atoms with van der Waals surface area (Å²) in [6.45, 7) is 4.36. The SMILES string of the molecule is CCNCCCCc1ccncc1. The molecule has 2 nitrogen and oxygen atoms in total. The van der Waals surface area contributed by atoms with Crippen LogP contribution in [-0.4, -0.2) is 18.1 Å². The number of aryl methyl sites for hydroxylation is 1. The number of nitrogens with zero attached hydrogens (tertiary/aromatic N) is 1. The maximum atomic E-state index is 3.99. The molecule has 0 unspecified atom stereocenters. The molecule has 0 aliphatic heterocycles. The Morgan fingerprint density at radius 2 is 2.00 bits per heavy atom. The van der Waals surface area contributed by atoms with Gasteiger partial charge in [0.15, 0.2) is 0 Å². The molecular formula is C11H18N2. The van der Waals surface area contributed by atoms with E-state index in [1.54, 1.807) is 0 Å². The van der Waals surface area contributed by atoms with Crippen LogP contribution in [0, 0.1) is 0 Å². The number of hydrogen-bond donors (Lipinski definition) is 1. The predicted molar refractivity (Wildman–Crippen MR) is 55.7 cm³/mol. The average molecular weight is 178 g/mol. The molecule has 2 heteroatoms. The Morgan fingerprint density at radius 1 is 1.23 bits per heavy atom. The highest BCUT2D eigenvalue weighted by molar-refractivity contribution is 5.09. The fraction of sp³-hybridized carbons (Fsp3) is 0.545. The van der Waals surface area contributed by atoms with E-state index in [1.807, 2.05) is 12.4 Å². The summed E-state index contributed by atoms with van der Waals surface area (Å²) >= 11 is 0. The van der Waals surface area contributed by atoms with Crippen LogP contribution in [0.15, 0.2) is 24.5 Å². The molecule has 0 radical (unpaired) electrons. The van der Waals surface area contributed by atoms with Gasteiger partial charge < -0.3 is 5.32 Å². The van der Waals surface area contributed by atoms with Gasteiger partial charge in [-0.3, -0.25) is 4.98 Å². The van der Waals surface area contributed by atoms with Gasteiger partial charge >= 0.3 is 0 Å². The molecule has 0 amide bonds. The van der Waals surface area contributed by atoms with E-state index in [-0.39, 0.29) is 0 Å². The molecule has 0 aliphatic carbocycles. The van der Waals surface area contributed by atoms with Crippen molar-refractivity contribution in [3.05, 3.63) is 30.1 Å². The molecule has 1 heterocycles. The highest BCUT2D eigenvalue weighted by atomic mass is 14.8. The first-order valence-electron chi connectivity index (χ1n) is 5.03. The van der Waals surface area contributed by atoms with E-state index in [9.17, 15) is 0 Å². The average Bonchev–Trinajstić information content (AvgIpc) is 2.19. The number of nitrogens with one attached hydrogen (secondary N) is 1. The minimum absolute atomic E-state index is 1.08. The minimum atomic E-state index is 1.08. The molecule has 1 aromatic heterocycles. The van der Waals surface area contributed by atoms with Gasteiger partial charge in [0.25, 0.3) is 0 Å². The first-order chi connectivity index (χ1) is 6.43. The fourth-order valence-corrected chi connectivity index (χ4v) is 1.31. The maximum absolute atomic E-state index is 3.99. The molecule has 0 fully saturated rings. The van der Waals surface area contributed by atoms with Crippen LogP contribution < -0.4 is 5.32 Å². The molecule has 0 aliphatic rings. The Kier molecular flexibility index (Phi) is 5.18. The molecule has 0 spiro atoms. The van der Waals surface area contributed by atoms with Crippen molar-refractivity contribution in [2.24, 2.45) is 0 Å². The van der Waals surface area contributed by atoms with Gasteiger partial charge in [0, 0.05) is 12.4 Å². The Balaban J connectivity index is 2.07. The van der Waals surface area contributed by atoms with Gasteiger partial charge in [-0.1, -0.05) is 6.92 Å².